The van der Waals surface area contributed by atoms with Crippen LogP contribution in [0.15, 0.2) is 77.9 Å². The summed E-state index contributed by atoms with van der Waals surface area (Å²) in [4.78, 5) is 0. The van der Waals surface area contributed by atoms with Crippen molar-refractivity contribution >= 4 is 5.71 Å². The van der Waals surface area contributed by atoms with Gasteiger partial charge in [-0.05, 0) is 49.2 Å². The summed E-state index contributed by atoms with van der Waals surface area (Å²) in [5.74, 6) is 1.86. The smallest absolute Gasteiger partial charge is 0.213 e. The molecule has 2 aliphatic rings. The molecule has 0 spiro atoms. The van der Waals surface area contributed by atoms with Crippen LogP contribution in [0.1, 0.15) is 86.4 Å². The van der Waals surface area contributed by atoms with E-state index in [1.807, 2.05) is 6.07 Å². The number of aryl methyl sites for hydroxylation is 1. The Morgan fingerprint density at radius 1 is 0.886 bits per heavy atom. The quantitative estimate of drug-likeness (QED) is 0.283. The van der Waals surface area contributed by atoms with Gasteiger partial charge in [0.15, 0.2) is 0 Å². The molecule has 0 radical (unpaired) electrons. The number of unbranched alkanes of at least 4 members (excludes halogenated alkanes) is 5. The molecule has 182 valence electrons. The average molecular weight is 469 g/mol. The van der Waals surface area contributed by atoms with Gasteiger partial charge in [0.1, 0.15) is 11.5 Å². The number of para-hydroxylation sites is 1. The van der Waals surface area contributed by atoms with Crippen LogP contribution >= 0.6 is 0 Å². The second kappa shape index (κ2) is 11.0. The number of hydrogen-bond acceptors (Lipinski definition) is 4. The first-order chi connectivity index (χ1) is 17.2. The monoisotopic (exact) mass is 468 g/mol. The predicted molar refractivity (Wildman–Crippen MR) is 142 cm³/mol. The molecule has 0 fully saturated rings. The zero-order chi connectivity index (χ0) is 24.0. The first kappa shape index (κ1) is 23.5. The summed E-state index contributed by atoms with van der Waals surface area (Å²) in [7, 11) is 0. The second-order valence-corrected chi connectivity index (χ2v) is 9.71. The second-order valence-electron chi connectivity index (χ2n) is 9.71. The molecule has 0 saturated carbocycles. The first-order valence-electron chi connectivity index (χ1n) is 13.1. The van der Waals surface area contributed by atoms with Gasteiger partial charge in [0.25, 0.3) is 0 Å². The molecule has 5 rings (SSSR count). The van der Waals surface area contributed by atoms with Crippen molar-refractivity contribution in [2.75, 3.05) is 6.61 Å². The van der Waals surface area contributed by atoms with E-state index >= 15 is 0 Å². The molecular weight excluding hydrogens is 432 g/mol. The van der Waals surface area contributed by atoms with Gasteiger partial charge in [-0.25, -0.2) is 5.01 Å². The van der Waals surface area contributed by atoms with Crippen LogP contribution in [0.5, 0.6) is 11.5 Å². The minimum absolute atomic E-state index is 0.171. The summed E-state index contributed by atoms with van der Waals surface area (Å²) >= 11 is 0. The SMILES string of the molecule is CCCCCCCCOc1ccc(C2Oc3ccccc3C3CC(c4ccc(C)cc4)=NN32)cc1. The number of benzene rings is 3. The van der Waals surface area contributed by atoms with Crippen molar-refractivity contribution < 1.29 is 9.47 Å². The lowest BCUT2D eigenvalue weighted by Crippen LogP contribution is -2.33. The minimum atomic E-state index is -0.259. The lowest BCUT2D eigenvalue weighted by atomic mass is 9.95. The van der Waals surface area contributed by atoms with Gasteiger partial charge in [-0.2, -0.15) is 5.10 Å². The molecule has 4 nitrogen and oxygen atoms in total. The van der Waals surface area contributed by atoms with E-state index in [9.17, 15) is 0 Å². The van der Waals surface area contributed by atoms with Crippen LogP contribution in [0.2, 0.25) is 0 Å². The van der Waals surface area contributed by atoms with Crippen LogP contribution in [0.3, 0.4) is 0 Å². The number of rotatable bonds is 10. The van der Waals surface area contributed by atoms with E-state index in [0.29, 0.717) is 0 Å². The largest absolute Gasteiger partial charge is 0.494 e. The Morgan fingerprint density at radius 2 is 1.63 bits per heavy atom. The molecule has 0 N–H and O–H groups in total. The standard InChI is InChI=1S/C31H36N2O2/c1-3-4-5-6-7-10-21-34-26-19-17-25(18-20-26)31-33-29(27-11-8-9-12-30(27)35-31)22-28(32-33)24-15-13-23(2)14-16-24/h8-9,11-20,29,31H,3-7,10,21-22H2,1-2H3. The zero-order valence-corrected chi connectivity index (χ0v) is 21.0. The lowest BCUT2D eigenvalue weighted by Gasteiger charge is -2.38. The lowest BCUT2D eigenvalue weighted by molar-refractivity contribution is -0.0190. The van der Waals surface area contributed by atoms with Crippen molar-refractivity contribution in [3.8, 4) is 11.5 Å². The molecule has 4 heteroatoms. The number of hydrogen-bond donors (Lipinski definition) is 0. The summed E-state index contributed by atoms with van der Waals surface area (Å²) in [5, 5.41) is 7.22. The highest BCUT2D eigenvalue weighted by atomic mass is 16.5. The summed E-state index contributed by atoms with van der Waals surface area (Å²) < 4.78 is 12.5. The average Bonchev–Trinajstić information content (AvgIpc) is 3.34. The van der Waals surface area contributed by atoms with Crippen molar-refractivity contribution in [1.29, 1.82) is 0 Å². The fourth-order valence-corrected chi connectivity index (χ4v) is 4.98. The molecule has 0 bridgehead atoms. The highest BCUT2D eigenvalue weighted by Gasteiger charge is 2.40. The van der Waals surface area contributed by atoms with Crippen LogP contribution < -0.4 is 9.47 Å². The third-order valence-electron chi connectivity index (χ3n) is 7.02. The molecule has 2 unspecified atom stereocenters. The van der Waals surface area contributed by atoms with Crippen LogP contribution in [0.4, 0.5) is 0 Å². The van der Waals surface area contributed by atoms with Crippen LogP contribution in [-0.2, 0) is 0 Å². The van der Waals surface area contributed by atoms with Gasteiger partial charge in [-0.1, -0.05) is 87.1 Å². The summed E-state index contributed by atoms with van der Waals surface area (Å²) in [6.07, 6.45) is 8.23. The van der Waals surface area contributed by atoms with E-state index in [2.05, 4.69) is 85.6 Å². The summed E-state index contributed by atoms with van der Waals surface area (Å²) in [6.45, 7) is 5.14. The van der Waals surface area contributed by atoms with Crippen molar-refractivity contribution in [1.82, 2.24) is 5.01 Å². The molecule has 3 aromatic rings. The van der Waals surface area contributed by atoms with E-state index in [-0.39, 0.29) is 12.3 Å². The van der Waals surface area contributed by atoms with Crippen LogP contribution in [-0.4, -0.2) is 17.3 Å². The number of hydrazone groups is 1. The maximum absolute atomic E-state index is 6.50. The fourth-order valence-electron chi connectivity index (χ4n) is 4.98. The Labute approximate surface area is 209 Å². The number of ether oxygens (including phenoxy) is 2. The number of fused-ring (bicyclic) bond motifs is 3. The van der Waals surface area contributed by atoms with Gasteiger partial charge in [0, 0.05) is 17.5 Å². The normalized spacial score (nSPS) is 18.5. The topological polar surface area (TPSA) is 34.1 Å². The fraction of sp³-hybridized carbons (Fsp3) is 0.387. The predicted octanol–water partition coefficient (Wildman–Crippen LogP) is 7.98. The molecule has 2 heterocycles. The van der Waals surface area contributed by atoms with Gasteiger partial charge >= 0.3 is 0 Å². The van der Waals surface area contributed by atoms with Crippen molar-refractivity contribution in [2.24, 2.45) is 5.10 Å². The van der Waals surface area contributed by atoms with Gasteiger partial charge in [-0.15, -0.1) is 0 Å². The highest BCUT2D eigenvalue weighted by molar-refractivity contribution is 6.02. The van der Waals surface area contributed by atoms with Gasteiger partial charge in [0.05, 0.1) is 18.4 Å². The van der Waals surface area contributed by atoms with Crippen LogP contribution in [0.25, 0.3) is 0 Å². The van der Waals surface area contributed by atoms with Gasteiger partial charge in [0.2, 0.25) is 6.23 Å². The Bertz CT molecular complexity index is 1140. The van der Waals surface area contributed by atoms with Crippen molar-refractivity contribution in [3.05, 3.63) is 95.1 Å². The zero-order valence-electron chi connectivity index (χ0n) is 21.0. The molecule has 0 aliphatic carbocycles. The van der Waals surface area contributed by atoms with Crippen LogP contribution in [0, 0.1) is 6.92 Å². The first-order valence-corrected chi connectivity index (χ1v) is 13.1. The molecular formula is C31H36N2O2. The maximum Gasteiger partial charge on any atom is 0.213 e. The minimum Gasteiger partial charge on any atom is -0.494 e. The van der Waals surface area contributed by atoms with E-state index in [4.69, 9.17) is 14.6 Å². The Hall–Kier alpha value is -3.27. The highest BCUT2D eigenvalue weighted by Crippen LogP contribution is 2.47. The summed E-state index contributed by atoms with van der Waals surface area (Å²) in [6, 6.07) is 25.5. The van der Waals surface area contributed by atoms with Gasteiger partial charge in [-0.3, -0.25) is 0 Å². The maximum atomic E-state index is 6.50. The van der Waals surface area contributed by atoms with E-state index in [1.165, 1.54) is 48.8 Å². The number of nitrogens with zero attached hydrogens (tertiary/aromatic N) is 2. The Kier molecular flexibility index (Phi) is 7.37. The molecule has 3 aromatic carbocycles. The molecule has 0 saturated heterocycles. The summed E-state index contributed by atoms with van der Waals surface area (Å²) in [5.41, 5.74) is 5.84. The third kappa shape index (κ3) is 5.37. The van der Waals surface area contributed by atoms with E-state index in [1.54, 1.807) is 0 Å². The third-order valence-corrected chi connectivity index (χ3v) is 7.02. The van der Waals surface area contributed by atoms with Gasteiger partial charge < -0.3 is 9.47 Å². The Balaban J connectivity index is 1.30. The molecule has 0 amide bonds. The van der Waals surface area contributed by atoms with Crippen molar-refractivity contribution in [3.63, 3.8) is 0 Å². The molecule has 35 heavy (non-hydrogen) atoms. The van der Waals surface area contributed by atoms with E-state index < -0.39 is 0 Å². The molecule has 2 atom stereocenters. The van der Waals surface area contributed by atoms with Crippen molar-refractivity contribution in [2.45, 2.75) is 71.1 Å². The van der Waals surface area contributed by atoms with E-state index in [0.717, 1.165) is 42.2 Å². The molecule has 0 aromatic heterocycles. The molecule has 2 aliphatic heterocycles. The Morgan fingerprint density at radius 3 is 2.43 bits per heavy atom.